The van der Waals surface area contributed by atoms with E-state index in [9.17, 15) is 0 Å². The fourth-order valence-corrected chi connectivity index (χ4v) is 2.11. The molecule has 0 unspecified atom stereocenters. The smallest absolute Gasteiger partial charge is 0.232 e. The second-order valence-electron chi connectivity index (χ2n) is 4.15. The van der Waals surface area contributed by atoms with Crippen LogP contribution in [-0.4, -0.2) is 27.3 Å². The zero-order valence-corrected chi connectivity index (χ0v) is 11.4. The summed E-state index contributed by atoms with van der Waals surface area (Å²) >= 11 is 3.32. The molecule has 2 aromatic rings. The minimum Gasteiger partial charge on any atom is -0.480 e. The van der Waals surface area contributed by atoms with E-state index in [1.807, 2.05) is 0 Å². The van der Waals surface area contributed by atoms with Gasteiger partial charge in [-0.1, -0.05) is 0 Å². The first kappa shape index (κ1) is 11.5. The fraction of sp³-hybridized carbons (Fsp3) is 0.364. The highest BCUT2D eigenvalue weighted by molar-refractivity contribution is 9.10. The second-order valence-corrected chi connectivity index (χ2v) is 5.00. The van der Waals surface area contributed by atoms with Crippen molar-refractivity contribution in [1.29, 1.82) is 0 Å². The Kier molecular flexibility index (Phi) is 2.91. The van der Waals surface area contributed by atoms with Gasteiger partial charge in [0.2, 0.25) is 11.8 Å². The van der Waals surface area contributed by atoms with Crippen LogP contribution < -0.4 is 10.1 Å². The molecule has 3 rings (SSSR count). The fourth-order valence-electron chi connectivity index (χ4n) is 1.75. The number of methoxy groups -OCH3 is 1. The first-order chi connectivity index (χ1) is 8.78. The summed E-state index contributed by atoms with van der Waals surface area (Å²) in [6, 6.07) is 0. The van der Waals surface area contributed by atoms with Crippen LogP contribution in [0.25, 0.3) is 0 Å². The lowest BCUT2D eigenvalue weighted by Gasteiger charge is -2.07. The molecule has 0 bridgehead atoms. The summed E-state index contributed by atoms with van der Waals surface area (Å²) in [7, 11) is 1.57. The van der Waals surface area contributed by atoms with Crippen LogP contribution in [0.3, 0.4) is 0 Å². The van der Waals surface area contributed by atoms with Gasteiger partial charge in [-0.3, -0.25) is 5.10 Å². The van der Waals surface area contributed by atoms with Gasteiger partial charge in [0.05, 0.1) is 35.4 Å². The molecule has 2 heterocycles. The Morgan fingerprint density at radius 1 is 1.44 bits per heavy atom. The third kappa shape index (κ3) is 2.17. The van der Waals surface area contributed by atoms with E-state index in [-0.39, 0.29) is 0 Å². The van der Waals surface area contributed by atoms with E-state index in [1.54, 1.807) is 19.5 Å². The lowest BCUT2D eigenvalue weighted by Crippen LogP contribution is -2.00. The van der Waals surface area contributed by atoms with Crippen LogP contribution in [0.1, 0.15) is 24.5 Å². The first-order valence-corrected chi connectivity index (χ1v) is 6.44. The Hall–Kier alpha value is -1.63. The summed E-state index contributed by atoms with van der Waals surface area (Å²) in [5, 5.41) is 10.2. The molecule has 0 aliphatic heterocycles. The second kappa shape index (κ2) is 4.56. The lowest BCUT2D eigenvalue weighted by molar-refractivity contribution is 0.394. The predicted octanol–water partition coefficient (Wildman–Crippen LogP) is 2.59. The number of ether oxygens (including phenoxy) is 1. The van der Waals surface area contributed by atoms with Crippen molar-refractivity contribution in [3.8, 4) is 5.88 Å². The Labute approximate surface area is 112 Å². The quantitative estimate of drug-likeness (QED) is 0.908. The zero-order chi connectivity index (χ0) is 12.5. The lowest BCUT2D eigenvalue weighted by atomic mass is 10.2. The molecule has 6 nitrogen and oxygen atoms in total. The van der Waals surface area contributed by atoms with Gasteiger partial charge in [0.25, 0.3) is 0 Å². The molecule has 1 fully saturated rings. The SMILES string of the molecule is COc1nc(Nc2cn[nH]c2C2CC2)ncc1Br. The maximum absolute atomic E-state index is 5.13. The third-order valence-corrected chi connectivity index (χ3v) is 3.35. The molecule has 2 N–H and O–H groups in total. The largest absolute Gasteiger partial charge is 0.480 e. The summed E-state index contributed by atoms with van der Waals surface area (Å²) in [5.41, 5.74) is 2.06. The van der Waals surface area contributed by atoms with Gasteiger partial charge in [-0.15, -0.1) is 0 Å². The number of anilines is 2. The number of H-pyrrole nitrogens is 1. The van der Waals surface area contributed by atoms with Crippen molar-refractivity contribution >= 4 is 27.6 Å². The summed E-state index contributed by atoms with van der Waals surface area (Å²) in [4.78, 5) is 8.45. The molecular formula is C11H12BrN5O. The van der Waals surface area contributed by atoms with Gasteiger partial charge < -0.3 is 10.1 Å². The topological polar surface area (TPSA) is 75.7 Å². The molecule has 7 heteroatoms. The van der Waals surface area contributed by atoms with Crippen LogP contribution in [0.5, 0.6) is 5.88 Å². The van der Waals surface area contributed by atoms with Crippen molar-refractivity contribution in [3.05, 3.63) is 22.6 Å². The molecule has 0 saturated heterocycles. The summed E-state index contributed by atoms with van der Waals surface area (Å²) in [6.07, 6.45) is 5.83. The van der Waals surface area contributed by atoms with Crippen LogP contribution >= 0.6 is 15.9 Å². The molecule has 1 saturated carbocycles. The van der Waals surface area contributed by atoms with Gasteiger partial charge in [0.15, 0.2) is 0 Å². The van der Waals surface area contributed by atoms with E-state index < -0.39 is 0 Å². The number of rotatable bonds is 4. The monoisotopic (exact) mass is 309 g/mol. The number of aromatic nitrogens is 4. The third-order valence-electron chi connectivity index (χ3n) is 2.81. The molecule has 1 aliphatic carbocycles. The molecule has 1 aliphatic rings. The highest BCUT2D eigenvalue weighted by Crippen LogP contribution is 2.42. The van der Waals surface area contributed by atoms with Crippen molar-refractivity contribution in [2.45, 2.75) is 18.8 Å². The van der Waals surface area contributed by atoms with Crippen LogP contribution in [0, 0.1) is 0 Å². The molecule has 18 heavy (non-hydrogen) atoms. The van der Waals surface area contributed by atoms with Crippen LogP contribution in [0.15, 0.2) is 16.9 Å². The van der Waals surface area contributed by atoms with Gasteiger partial charge in [-0.05, 0) is 28.8 Å². The van der Waals surface area contributed by atoms with Crippen LogP contribution in [-0.2, 0) is 0 Å². The average molecular weight is 310 g/mol. The minimum absolute atomic E-state index is 0.498. The van der Waals surface area contributed by atoms with Crippen LogP contribution in [0.2, 0.25) is 0 Å². The highest BCUT2D eigenvalue weighted by atomic mass is 79.9. The molecule has 2 aromatic heterocycles. The van der Waals surface area contributed by atoms with Gasteiger partial charge >= 0.3 is 0 Å². The van der Waals surface area contributed by atoms with Gasteiger partial charge in [0.1, 0.15) is 0 Å². The molecule has 0 spiro atoms. The Balaban J connectivity index is 1.85. The van der Waals surface area contributed by atoms with Crippen molar-refractivity contribution in [2.75, 3.05) is 12.4 Å². The average Bonchev–Trinajstić information content (AvgIpc) is 3.12. The minimum atomic E-state index is 0.498. The van der Waals surface area contributed by atoms with Crippen molar-refractivity contribution in [1.82, 2.24) is 20.2 Å². The molecule has 0 amide bonds. The van der Waals surface area contributed by atoms with Crippen molar-refractivity contribution in [2.24, 2.45) is 0 Å². The molecular weight excluding hydrogens is 298 g/mol. The maximum Gasteiger partial charge on any atom is 0.232 e. The zero-order valence-electron chi connectivity index (χ0n) is 9.77. The molecule has 94 valence electrons. The Bertz CT molecular complexity index is 566. The van der Waals surface area contributed by atoms with Gasteiger partial charge in [-0.25, -0.2) is 4.98 Å². The number of nitrogens with one attached hydrogen (secondary N) is 2. The van der Waals surface area contributed by atoms with Crippen molar-refractivity contribution in [3.63, 3.8) is 0 Å². The highest BCUT2D eigenvalue weighted by Gasteiger charge is 2.28. The van der Waals surface area contributed by atoms with Gasteiger partial charge in [-0.2, -0.15) is 10.1 Å². The van der Waals surface area contributed by atoms with Gasteiger partial charge in [0, 0.05) is 5.92 Å². The standard InChI is InChI=1S/C11H12BrN5O/c1-18-10-7(12)4-13-11(16-10)15-8-5-14-17-9(8)6-2-3-6/h4-6H,2-3H2,1H3,(H,14,17)(H,13,15,16). The summed E-state index contributed by atoms with van der Waals surface area (Å²) in [5.74, 6) is 1.59. The van der Waals surface area contributed by atoms with Crippen LogP contribution in [0.4, 0.5) is 11.6 Å². The van der Waals surface area contributed by atoms with E-state index in [4.69, 9.17) is 4.74 Å². The number of hydrogen-bond acceptors (Lipinski definition) is 5. The number of halogens is 1. The molecule has 0 aromatic carbocycles. The number of nitrogens with zero attached hydrogens (tertiary/aromatic N) is 3. The summed E-state index contributed by atoms with van der Waals surface area (Å²) < 4.78 is 5.86. The van der Waals surface area contributed by atoms with E-state index in [0.29, 0.717) is 17.7 Å². The summed E-state index contributed by atoms with van der Waals surface area (Å²) in [6.45, 7) is 0. The number of hydrogen-bond donors (Lipinski definition) is 2. The van der Waals surface area contributed by atoms with E-state index >= 15 is 0 Å². The molecule has 0 atom stereocenters. The Morgan fingerprint density at radius 3 is 3.00 bits per heavy atom. The van der Waals surface area contributed by atoms with E-state index in [1.165, 1.54) is 12.8 Å². The van der Waals surface area contributed by atoms with Crippen molar-refractivity contribution < 1.29 is 4.74 Å². The Morgan fingerprint density at radius 2 is 2.28 bits per heavy atom. The molecule has 0 radical (unpaired) electrons. The van der Waals surface area contributed by atoms with E-state index in [2.05, 4.69) is 41.4 Å². The predicted molar refractivity (Wildman–Crippen MR) is 70.1 cm³/mol. The normalized spacial score (nSPS) is 14.6. The first-order valence-electron chi connectivity index (χ1n) is 5.64. The van der Waals surface area contributed by atoms with E-state index in [0.717, 1.165) is 15.9 Å². The number of aromatic amines is 1. The maximum atomic E-state index is 5.13.